The Bertz CT molecular complexity index is 504. The van der Waals surface area contributed by atoms with Crippen molar-refractivity contribution in [2.45, 2.75) is 53.0 Å². The van der Waals surface area contributed by atoms with E-state index in [0.717, 1.165) is 32.4 Å². The van der Waals surface area contributed by atoms with Crippen molar-refractivity contribution in [3.05, 3.63) is 34.9 Å². The third kappa shape index (κ3) is 3.46. The lowest BCUT2D eigenvalue weighted by Crippen LogP contribution is -2.43. The molecule has 3 heteroatoms. The Balaban J connectivity index is 2.12. The smallest absolute Gasteiger partial charge is 0.228 e. The Morgan fingerprint density at radius 3 is 2.81 bits per heavy atom. The second-order valence-electron chi connectivity index (χ2n) is 6.51. The standard InChI is InChI=1S/C18H28N2O/c1-5-8-18(9-10-19-12-18)17(21)20-15(4)16-11-13(2)6-7-14(16)3/h6-7,11,15,19H,5,8-10,12H2,1-4H3,(H,20,21). The number of nitrogens with one attached hydrogen (secondary N) is 2. The SMILES string of the molecule is CCCC1(C(=O)NC(C)c2cc(C)ccc2C)CCNC1. The van der Waals surface area contributed by atoms with Gasteiger partial charge in [-0.05, 0) is 51.3 Å². The highest BCUT2D eigenvalue weighted by molar-refractivity contribution is 5.83. The molecule has 1 aliphatic rings. The first kappa shape index (κ1) is 16.0. The van der Waals surface area contributed by atoms with Gasteiger partial charge in [0, 0.05) is 6.54 Å². The lowest BCUT2D eigenvalue weighted by atomic mass is 9.81. The molecule has 3 nitrogen and oxygen atoms in total. The van der Waals surface area contributed by atoms with Gasteiger partial charge in [0.05, 0.1) is 11.5 Å². The fraction of sp³-hybridized carbons (Fsp3) is 0.611. The van der Waals surface area contributed by atoms with Crippen LogP contribution in [0.5, 0.6) is 0 Å². The van der Waals surface area contributed by atoms with Gasteiger partial charge in [-0.2, -0.15) is 0 Å². The summed E-state index contributed by atoms with van der Waals surface area (Å²) in [6.07, 6.45) is 2.96. The lowest BCUT2D eigenvalue weighted by Gasteiger charge is -2.29. The highest BCUT2D eigenvalue weighted by Crippen LogP contribution is 2.32. The van der Waals surface area contributed by atoms with Gasteiger partial charge in [0.15, 0.2) is 0 Å². The first-order valence-corrected chi connectivity index (χ1v) is 8.07. The van der Waals surface area contributed by atoms with Crippen molar-refractivity contribution in [1.29, 1.82) is 0 Å². The maximum atomic E-state index is 12.8. The molecule has 2 unspecified atom stereocenters. The first-order chi connectivity index (χ1) is 9.98. The van der Waals surface area contributed by atoms with E-state index in [9.17, 15) is 4.79 Å². The third-order valence-corrected chi connectivity index (χ3v) is 4.70. The molecule has 2 rings (SSSR count). The maximum absolute atomic E-state index is 12.8. The minimum absolute atomic E-state index is 0.0618. The van der Waals surface area contributed by atoms with Crippen molar-refractivity contribution in [2.75, 3.05) is 13.1 Å². The lowest BCUT2D eigenvalue weighted by molar-refractivity contribution is -0.131. The summed E-state index contributed by atoms with van der Waals surface area (Å²) in [6, 6.07) is 6.49. The highest BCUT2D eigenvalue weighted by Gasteiger charge is 2.40. The summed E-state index contributed by atoms with van der Waals surface area (Å²) in [7, 11) is 0. The van der Waals surface area contributed by atoms with Gasteiger partial charge in [-0.1, -0.05) is 37.1 Å². The van der Waals surface area contributed by atoms with E-state index in [1.165, 1.54) is 16.7 Å². The Labute approximate surface area is 128 Å². The Morgan fingerprint density at radius 2 is 2.19 bits per heavy atom. The summed E-state index contributed by atoms with van der Waals surface area (Å²) in [5, 5.41) is 6.60. The Hall–Kier alpha value is -1.35. The molecular weight excluding hydrogens is 260 g/mol. The number of hydrogen-bond acceptors (Lipinski definition) is 2. The van der Waals surface area contributed by atoms with Crippen molar-refractivity contribution in [2.24, 2.45) is 5.41 Å². The van der Waals surface area contributed by atoms with Crippen LogP contribution in [0, 0.1) is 19.3 Å². The number of carbonyl (C=O) groups is 1. The van der Waals surface area contributed by atoms with Crippen LogP contribution in [-0.4, -0.2) is 19.0 Å². The molecule has 0 bridgehead atoms. The van der Waals surface area contributed by atoms with Crippen LogP contribution in [0.1, 0.15) is 55.8 Å². The molecule has 0 saturated carbocycles. The van der Waals surface area contributed by atoms with Gasteiger partial charge in [0.2, 0.25) is 5.91 Å². The number of benzene rings is 1. The van der Waals surface area contributed by atoms with E-state index in [2.05, 4.69) is 56.5 Å². The molecule has 0 spiro atoms. The molecule has 1 aliphatic heterocycles. The second kappa shape index (κ2) is 6.61. The Kier molecular flexibility index (Phi) is 5.04. The van der Waals surface area contributed by atoms with Crippen LogP contribution < -0.4 is 10.6 Å². The van der Waals surface area contributed by atoms with Crippen molar-refractivity contribution in [3.8, 4) is 0 Å². The summed E-state index contributed by atoms with van der Waals surface area (Å²) in [5.41, 5.74) is 3.49. The predicted molar refractivity (Wildman–Crippen MR) is 87.3 cm³/mol. The zero-order valence-corrected chi connectivity index (χ0v) is 13.8. The normalized spacial score (nSPS) is 23.0. The van der Waals surface area contributed by atoms with Crippen molar-refractivity contribution >= 4 is 5.91 Å². The highest BCUT2D eigenvalue weighted by atomic mass is 16.2. The van der Waals surface area contributed by atoms with E-state index in [4.69, 9.17) is 0 Å². The topological polar surface area (TPSA) is 41.1 Å². The number of rotatable bonds is 5. The molecule has 0 radical (unpaired) electrons. The molecule has 1 fully saturated rings. The van der Waals surface area contributed by atoms with Crippen LogP contribution in [0.3, 0.4) is 0 Å². The van der Waals surface area contributed by atoms with Gasteiger partial charge in [-0.25, -0.2) is 0 Å². The van der Waals surface area contributed by atoms with Gasteiger partial charge < -0.3 is 10.6 Å². The van der Waals surface area contributed by atoms with Crippen LogP contribution in [0.15, 0.2) is 18.2 Å². The van der Waals surface area contributed by atoms with Crippen LogP contribution >= 0.6 is 0 Å². The van der Waals surface area contributed by atoms with Crippen LogP contribution in [0.4, 0.5) is 0 Å². The zero-order valence-electron chi connectivity index (χ0n) is 13.8. The van der Waals surface area contributed by atoms with E-state index in [1.54, 1.807) is 0 Å². The van der Waals surface area contributed by atoms with E-state index in [1.807, 2.05) is 0 Å². The fourth-order valence-corrected chi connectivity index (χ4v) is 3.40. The molecular formula is C18H28N2O. The fourth-order valence-electron chi connectivity index (χ4n) is 3.40. The molecule has 1 aromatic carbocycles. The zero-order chi connectivity index (χ0) is 15.5. The van der Waals surface area contributed by atoms with Crippen molar-refractivity contribution < 1.29 is 4.79 Å². The molecule has 116 valence electrons. The number of hydrogen-bond donors (Lipinski definition) is 2. The van der Waals surface area contributed by atoms with Crippen molar-refractivity contribution in [3.63, 3.8) is 0 Å². The largest absolute Gasteiger partial charge is 0.349 e. The summed E-state index contributed by atoms with van der Waals surface area (Å²) in [6.45, 7) is 10.2. The average molecular weight is 288 g/mol. The van der Waals surface area contributed by atoms with Crippen molar-refractivity contribution in [1.82, 2.24) is 10.6 Å². The molecule has 0 aliphatic carbocycles. The molecule has 0 aromatic heterocycles. The molecule has 1 amide bonds. The first-order valence-electron chi connectivity index (χ1n) is 8.07. The minimum Gasteiger partial charge on any atom is -0.349 e. The quantitative estimate of drug-likeness (QED) is 0.873. The molecule has 2 N–H and O–H groups in total. The number of carbonyl (C=O) groups excluding carboxylic acids is 1. The maximum Gasteiger partial charge on any atom is 0.228 e. The summed E-state index contributed by atoms with van der Waals surface area (Å²) in [4.78, 5) is 12.8. The van der Waals surface area contributed by atoms with Gasteiger partial charge in [0.1, 0.15) is 0 Å². The monoisotopic (exact) mass is 288 g/mol. The second-order valence-corrected chi connectivity index (χ2v) is 6.51. The van der Waals surface area contributed by atoms with E-state index in [0.29, 0.717) is 0 Å². The van der Waals surface area contributed by atoms with Gasteiger partial charge in [0.25, 0.3) is 0 Å². The van der Waals surface area contributed by atoms with E-state index < -0.39 is 0 Å². The van der Waals surface area contributed by atoms with Gasteiger partial charge in [-0.3, -0.25) is 4.79 Å². The van der Waals surface area contributed by atoms with Crippen LogP contribution in [0.2, 0.25) is 0 Å². The molecule has 1 saturated heterocycles. The van der Waals surface area contributed by atoms with Gasteiger partial charge >= 0.3 is 0 Å². The summed E-state index contributed by atoms with van der Waals surface area (Å²) >= 11 is 0. The molecule has 1 aromatic rings. The molecule has 1 heterocycles. The minimum atomic E-state index is -0.208. The molecule has 2 atom stereocenters. The predicted octanol–water partition coefficient (Wildman–Crippen LogP) is 3.26. The third-order valence-electron chi connectivity index (χ3n) is 4.70. The van der Waals surface area contributed by atoms with E-state index in [-0.39, 0.29) is 17.4 Å². The Morgan fingerprint density at radius 1 is 1.43 bits per heavy atom. The number of aryl methyl sites for hydroxylation is 2. The summed E-state index contributed by atoms with van der Waals surface area (Å²) in [5.74, 6) is 0.211. The summed E-state index contributed by atoms with van der Waals surface area (Å²) < 4.78 is 0. The van der Waals surface area contributed by atoms with Crippen LogP contribution in [0.25, 0.3) is 0 Å². The van der Waals surface area contributed by atoms with Crippen LogP contribution in [-0.2, 0) is 4.79 Å². The van der Waals surface area contributed by atoms with E-state index >= 15 is 0 Å². The molecule has 21 heavy (non-hydrogen) atoms. The average Bonchev–Trinajstić information content (AvgIpc) is 2.91. The van der Waals surface area contributed by atoms with Gasteiger partial charge in [-0.15, -0.1) is 0 Å². The number of amides is 1.